The lowest BCUT2D eigenvalue weighted by Gasteiger charge is -2.13. The highest BCUT2D eigenvalue weighted by molar-refractivity contribution is 7.89. The molecule has 0 unspecified atom stereocenters. The summed E-state index contributed by atoms with van der Waals surface area (Å²) < 4.78 is 34.6. The average Bonchev–Trinajstić information content (AvgIpc) is 2.84. The molecular formula is C25H24ClN3O3S. The predicted octanol–water partition coefficient (Wildman–Crippen LogP) is 4.50. The fourth-order valence-corrected chi connectivity index (χ4v) is 4.85. The molecule has 0 saturated carbocycles. The fraction of sp³-hybridized carbons (Fsp3) is 0.160. The molecular weight excluding hydrogens is 458 g/mol. The van der Waals surface area contributed by atoms with Crippen molar-refractivity contribution in [3.63, 3.8) is 0 Å². The van der Waals surface area contributed by atoms with Gasteiger partial charge < -0.3 is 10.1 Å². The molecule has 0 fully saturated rings. The van der Waals surface area contributed by atoms with E-state index in [1.807, 2.05) is 36.4 Å². The third-order valence-electron chi connectivity index (χ3n) is 5.07. The maximum absolute atomic E-state index is 13.1. The van der Waals surface area contributed by atoms with Gasteiger partial charge in [0.2, 0.25) is 10.0 Å². The zero-order valence-corrected chi connectivity index (χ0v) is 19.4. The van der Waals surface area contributed by atoms with Gasteiger partial charge in [0.15, 0.2) is 0 Å². The summed E-state index contributed by atoms with van der Waals surface area (Å²) in [7, 11) is -3.72. The van der Waals surface area contributed by atoms with Crippen molar-refractivity contribution in [3.8, 4) is 16.9 Å². The number of hydrogen-bond donors (Lipinski definition) is 2. The highest BCUT2D eigenvalue weighted by Crippen LogP contribution is 2.30. The molecule has 0 aliphatic carbocycles. The minimum Gasteiger partial charge on any atom is -0.492 e. The Labute approximate surface area is 198 Å². The number of nitrogens with one attached hydrogen (secondary N) is 2. The summed E-state index contributed by atoms with van der Waals surface area (Å²) in [5, 5.41) is 5.25. The molecule has 0 aliphatic heterocycles. The molecule has 0 atom stereocenters. The quantitative estimate of drug-likeness (QED) is 0.326. The SMILES string of the molecule is O=S(=O)(NCCNCCOc1ccc(Cl)cc1)c1cc(-c2ccccc2)cc2cnccc12. The third kappa shape index (κ3) is 6.09. The van der Waals surface area contributed by atoms with Crippen LogP contribution < -0.4 is 14.8 Å². The van der Waals surface area contributed by atoms with Crippen LogP contribution in [0.15, 0.2) is 90.1 Å². The topological polar surface area (TPSA) is 80.3 Å². The normalized spacial score (nSPS) is 11.5. The van der Waals surface area contributed by atoms with E-state index in [0.717, 1.165) is 22.3 Å². The van der Waals surface area contributed by atoms with Crippen molar-refractivity contribution in [2.75, 3.05) is 26.2 Å². The minimum absolute atomic E-state index is 0.243. The van der Waals surface area contributed by atoms with Crippen LogP contribution in [-0.2, 0) is 10.0 Å². The smallest absolute Gasteiger partial charge is 0.241 e. The van der Waals surface area contributed by atoms with E-state index in [9.17, 15) is 8.42 Å². The number of rotatable bonds is 10. The molecule has 2 N–H and O–H groups in total. The van der Waals surface area contributed by atoms with Crippen molar-refractivity contribution < 1.29 is 13.2 Å². The number of fused-ring (bicyclic) bond motifs is 1. The first-order valence-corrected chi connectivity index (χ1v) is 12.4. The number of sulfonamides is 1. The Morgan fingerprint density at radius 2 is 1.67 bits per heavy atom. The van der Waals surface area contributed by atoms with Gasteiger partial charge in [-0.25, -0.2) is 13.1 Å². The zero-order chi connectivity index (χ0) is 23.1. The number of nitrogens with zero attached hydrogens (tertiary/aromatic N) is 1. The number of aromatic nitrogens is 1. The molecule has 1 aromatic heterocycles. The van der Waals surface area contributed by atoms with E-state index >= 15 is 0 Å². The Bertz CT molecular complexity index is 1310. The van der Waals surface area contributed by atoms with Gasteiger partial charge in [0, 0.05) is 47.8 Å². The Morgan fingerprint density at radius 3 is 2.45 bits per heavy atom. The number of hydrogen-bond acceptors (Lipinski definition) is 5. The van der Waals surface area contributed by atoms with Gasteiger partial charge in [0.05, 0.1) is 4.90 Å². The van der Waals surface area contributed by atoms with Crippen LogP contribution in [0.4, 0.5) is 0 Å². The fourth-order valence-electron chi connectivity index (χ4n) is 3.44. The molecule has 0 spiro atoms. The summed E-state index contributed by atoms with van der Waals surface area (Å²) in [5.74, 6) is 0.738. The van der Waals surface area contributed by atoms with E-state index in [2.05, 4.69) is 15.0 Å². The van der Waals surface area contributed by atoms with E-state index in [1.54, 1.807) is 48.8 Å². The molecule has 4 aromatic rings. The van der Waals surface area contributed by atoms with Crippen LogP contribution in [0.3, 0.4) is 0 Å². The number of benzene rings is 3. The summed E-state index contributed by atoms with van der Waals surface area (Å²) >= 11 is 5.86. The number of pyridine rings is 1. The van der Waals surface area contributed by atoms with Crippen molar-refractivity contribution in [1.29, 1.82) is 0 Å². The first-order valence-electron chi connectivity index (χ1n) is 10.5. The van der Waals surface area contributed by atoms with E-state index < -0.39 is 10.0 Å². The lowest BCUT2D eigenvalue weighted by Crippen LogP contribution is -2.33. The standard InChI is InChI=1S/C25H24ClN3O3S/c26-22-6-8-23(9-7-22)32-15-14-27-12-13-29-33(30,31)25-17-20(19-4-2-1-3-5-19)16-21-18-28-11-10-24(21)25/h1-11,16-18,27,29H,12-15H2. The summed E-state index contributed by atoms with van der Waals surface area (Å²) in [6, 6.07) is 22.2. The molecule has 8 heteroatoms. The van der Waals surface area contributed by atoms with E-state index in [1.165, 1.54) is 0 Å². The van der Waals surface area contributed by atoms with Gasteiger partial charge in [-0.3, -0.25) is 4.98 Å². The number of ether oxygens (including phenoxy) is 1. The Morgan fingerprint density at radius 1 is 0.879 bits per heavy atom. The van der Waals surface area contributed by atoms with Gasteiger partial charge in [0.25, 0.3) is 0 Å². The molecule has 4 rings (SSSR count). The minimum atomic E-state index is -3.72. The van der Waals surface area contributed by atoms with Crippen LogP contribution in [0, 0.1) is 0 Å². The largest absolute Gasteiger partial charge is 0.492 e. The lowest BCUT2D eigenvalue weighted by molar-refractivity contribution is 0.314. The molecule has 1 heterocycles. The zero-order valence-electron chi connectivity index (χ0n) is 17.9. The van der Waals surface area contributed by atoms with E-state index in [4.69, 9.17) is 16.3 Å². The number of halogens is 1. The molecule has 0 saturated heterocycles. The van der Waals surface area contributed by atoms with Crippen molar-refractivity contribution in [3.05, 3.63) is 90.2 Å². The molecule has 6 nitrogen and oxygen atoms in total. The van der Waals surface area contributed by atoms with Gasteiger partial charge in [-0.2, -0.15) is 0 Å². The molecule has 0 bridgehead atoms. The lowest BCUT2D eigenvalue weighted by atomic mass is 10.0. The molecule has 170 valence electrons. The maximum atomic E-state index is 13.1. The highest BCUT2D eigenvalue weighted by Gasteiger charge is 2.18. The van der Waals surface area contributed by atoms with Crippen molar-refractivity contribution in [2.24, 2.45) is 0 Å². The van der Waals surface area contributed by atoms with Crippen molar-refractivity contribution >= 4 is 32.4 Å². The van der Waals surface area contributed by atoms with Gasteiger partial charge >= 0.3 is 0 Å². The highest BCUT2D eigenvalue weighted by atomic mass is 35.5. The van der Waals surface area contributed by atoms with Crippen LogP contribution in [0.5, 0.6) is 5.75 Å². The van der Waals surface area contributed by atoms with E-state index in [-0.39, 0.29) is 11.4 Å². The van der Waals surface area contributed by atoms with Crippen LogP contribution in [0.1, 0.15) is 0 Å². The first kappa shape index (κ1) is 23.2. The van der Waals surface area contributed by atoms with Gasteiger partial charge in [-0.1, -0.05) is 41.9 Å². The molecule has 0 amide bonds. The van der Waals surface area contributed by atoms with Crippen LogP contribution in [0.25, 0.3) is 21.9 Å². The Hall–Kier alpha value is -2.97. The predicted molar refractivity (Wildman–Crippen MR) is 132 cm³/mol. The van der Waals surface area contributed by atoms with Gasteiger partial charge in [-0.15, -0.1) is 0 Å². The monoisotopic (exact) mass is 481 g/mol. The summed E-state index contributed by atoms with van der Waals surface area (Å²) in [6.45, 7) is 1.78. The van der Waals surface area contributed by atoms with Gasteiger partial charge in [0.1, 0.15) is 12.4 Å². The Balaban J connectivity index is 1.37. The second kappa shape index (κ2) is 10.8. The van der Waals surface area contributed by atoms with Crippen molar-refractivity contribution in [1.82, 2.24) is 15.0 Å². The van der Waals surface area contributed by atoms with Gasteiger partial charge in [-0.05, 0) is 53.6 Å². The Kier molecular flexibility index (Phi) is 7.57. The molecule has 0 radical (unpaired) electrons. The second-order valence-electron chi connectivity index (χ2n) is 7.39. The van der Waals surface area contributed by atoms with Crippen LogP contribution in [-0.4, -0.2) is 39.6 Å². The first-order chi connectivity index (χ1) is 16.0. The summed E-state index contributed by atoms with van der Waals surface area (Å²) in [5.41, 5.74) is 1.77. The molecule has 33 heavy (non-hydrogen) atoms. The van der Waals surface area contributed by atoms with Crippen LogP contribution in [0.2, 0.25) is 5.02 Å². The molecule has 3 aromatic carbocycles. The van der Waals surface area contributed by atoms with Crippen molar-refractivity contribution in [2.45, 2.75) is 4.90 Å². The molecule has 0 aliphatic rings. The summed E-state index contributed by atoms with van der Waals surface area (Å²) in [4.78, 5) is 4.40. The third-order valence-corrected chi connectivity index (χ3v) is 6.82. The van der Waals surface area contributed by atoms with Crippen LogP contribution >= 0.6 is 11.6 Å². The second-order valence-corrected chi connectivity index (χ2v) is 9.56. The maximum Gasteiger partial charge on any atom is 0.241 e. The average molecular weight is 482 g/mol. The van der Waals surface area contributed by atoms with E-state index in [0.29, 0.717) is 30.1 Å². The summed E-state index contributed by atoms with van der Waals surface area (Å²) in [6.07, 6.45) is 3.29.